The van der Waals surface area contributed by atoms with Crippen molar-refractivity contribution in [3.05, 3.63) is 23.8 Å². The number of anilines is 2. The van der Waals surface area contributed by atoms with Crippen LogP contribution in [-0.2, 0) is 4.79 Å². The number of nitrogen functional groups attached to an aromatic ring is 1. The van der Waals surface area contributed by atoms with Gasteiger partial charge in [0.2, 0.25) is 0 Å². The van der Waals surface area contributed by atoms with Gasteiger partial charge in [0.05, 0.1) is 0 Å². The third-order valence-electron chi connectivity index (χ3n) is 1.76. The molecule has 0 bridgehead atoms. The maximum Gasteiger partial charge on any atom is 0.471 e. The van der Waals surface area contributed by atoms with Gasteiger partial charge in [-0.15, -0.1) is 0 Å². The number of hydrogen-bond acceptors (Lipinski definition) is 2. The number of alkyl halides is 3. The van der Waals surface area contributed by atoms with Crippen LogP contribution in [-0.4, -0.2) is 12.1 Å². The molecule has 1 amide bonds. The lowest BCUT2D eigenvalue weighted by atomic mass is 10.2. The van der Waals surface area contributed by atoms with Crippen LogP contribution in [0.25, 0.3) is 0 Å². The standard InChI is InChI=1S/C9H9F3N2O/c1-5-4-6(13)2-3-7(5)14-8(15)9(10,11)12/h2-4H,13H2,1H3,(H,14,15). The molecule has 0 aliphatic rings. The highest BCUT2D eigenvalue weighted by atomic mass is 19.4. The Labute approximate surface area is 84.1 Å². The minimum absolute atomic E-state index is 0.103. The van der Waals surface area contributed by atoms with E-state index in [9.17, 15) is 18.0 Å². The van der Waals surface area contributed by atoms with Crippen molar-refractivity contribution >= 4 is 17.3 Å². The van der Waals surface area contributed by atoms with Crippen molar-refractivity contribution in [2.45, 2.75) is 13.1 Å². The van der Waals surface area contributed by atoms with Gasteiger partial charge in [-0.3, -0.25) is 4.79 Å². The molecule has 0 aromatic heterocycles. The molecular weight excluding hydrogens is 209 g/mol. The maximum absolute atomic E-state index is 11.9. The van der Waals surface area contributed by atoms with Gasteiger partial charge in [0.25, 0.3) is 0 Å². The number of hydrogen-bond donors (Lipinski definition) is 2. The zero-order chi connectivity index (χ0) is 11.6. The van der Waals surface area contributed by atoms with Crippen molar-refractivity contribution in [2.75, 3.05) is 11.1 Å². The zero-order valence-electron chi connectivity index (χ0n) is 7.85. The first-order chi connectivity index (χ1) is 6.80. The molecule has 0 fully saturated rings. The third kappa shape index (κ3) is 2.87. The summed E-state index contributed by atoms with van der Waals surface area (Å²) in [7, 11) is 0. The van der Waals surface area contributed by atoms with Crippen LogP contribution in [0.3, 0.4) is 0 Å². The average Bonchev–Trinajstić information content (AvgIpc) is 2.08. The second-order valence-corrected chi connectivity index (χ2v) is 3.03. The van der Waals surface area contributed by atoms with Crippen LogP contribution >= 0.6 is 0 Å². The molecule has 6 heteroatoms. The SMILES string of the molecule is Cc1cc(N)ccc1NC(=O)C(F)(F)F. The summed E-state index contributed by atoms with van der Waals surface area (Å²) in [6.07, 6.45) is -4.88. The van der Waals surface area contributed by atoms with Gasteiger partial charge in [-0.05, 0) is 30.7 Å². The Morgan fingerprint density at radius 3 is 2.47 bits per heavy atom. The summed E-state index contributed by atoms with van der Waals surface area (Å²) in [5, 5.41) is 1.76. The minimum atomic E-state index is -4.88. The number of halogens is 3. The predicted molar refractivity (Wildman–Crippen MR) is 50.3 cm³/mol. The molecular formula is C9H9F3N2O. The molecule has 0 spiro atoms. The normalized spacial score (nSPS) is 11.2. The minimum Gasteiger partial charge on any atom is -0.399 e. The number of carbonyl (C=O) groups is 1. The molecule has 0 heterocycles. The van der Waals surface area contributed by atoms with E-state index < -0.39 is 12.1 Å². The molecule has 0 radical (unpaired) electrons. The fourth-order valence-electron chi connectivity index (χ4n) is 1.02. The Balaban J connectivity index is 2.87. The van der Waals surface area contributed by atoms with Gasteiger partial charge in [0.15, 0.2) is 0 Å². The molecule has 3 N–H and O–H groups in total. The molecule has 15 heavy (non-hydrogen) atoms. The van der Waals surface area contributed by atoms with Crippen molar-refractivity contribution in [3.63, 3.8) is 0 Å². The van der Waals surface area contributed by atoms with Crippen LogP contribution in [0.5, 0.6) is 0 Å². The van der Waals surface area contributed by atoms with E-state index in [2.05, 4.69) is 0 Å². The highest BCUT2D eigenvalue weighted by Gasteiger charge is 2.38. The monoisotopic (exact) mass is 218 g/mol. The van der Waals surface area contributed by atoms with E-state index in [4.69, 9.17) is 5.73 Å². The molecule has 0 saturated heterocycles. The molecule has 0 atom stereocenters. The quantitative estimate of drug-likeness (QED) is 0.709. The van der Waals surface area contributed by atoms with E-state index in [1.165, 1.54) is 18.2 Å². The second kappa shape index (κ2) is 3.80. The van der Waals surface area contributed by atoms with Crippen molar-refractivity contribution < 1.29 is 18.0 Å². The van der Waals surface area contributed by atoms with Crippen LogP contribution in [0.2, 0.25) is 0 Å². The average molecular weight is 218 g/mol. The summed E-state index contributed by atoms with van der Waals surface area (Å²) in [6.45, 7) is 1.56. The molecule has 3 nitrogen and oxygen atoms in total. The molecule has 0 unspecified atom stereocenters. The lowest BCUT2D eigenvalue weighted by molar-refractivity contribution is -0.167. The van der Waals surface area contributed by atoms with E-state index in [1.54, 1.807) is 12.2 Å². The number of nitrogens with two attached hydrogens (primary N) is 1. The van der Waals surface area contributed by atoms with Crippen LogP contribution in [0.15, 0.2) is 18.2 Å². The first-order valence-corrected chi connectivity index (χ1v) is 4.05. The van der Waals surface area contributed by atoms with Gasteiger partial charge < -0.3 is 11.1 Å². The summed E-state index contributed by atoms with van der Waals surface area (Å²) in [5.41, 5.74) is 6.42. The Hall–Kier alpha value is -1.72. The van der Waals surface area contributed by atoms with Crippen molar-refractivity contribution in [2.24, 2.45) is 0 Å². The van der Waals surface area contributed by atoms with Gasteiger partial charge in [-0.1, -0.05) is 0 Å². The molecule has 1 aromatic rings. The van der Waals surface area contributed by atoms with Crippen molar-refractivity contribution in [1.82, 2.24) is 0 Å². The first-order valence-electron chi connectivity index (χ1n) is 4.05. The number of carbonyl (C=O) groups excluding carboxylic acids is 1. The van der Waals surface area contributed by atoms with Gasteiger partial charge in [0, 0.05) is 11.4 Å². The molecule has 0 aliphatic heterocycles. The summed E-state index contributed by atoms with van der Waals surface area (Å²) in [6, 6.07) is 4.22. The summed E-state index contributed by atoms with van der Waals surface area (Å²) < 4.78 is 35.7. The summed E-state index contributed by atoms with van der Waals surface area (Å²) in [4.78, 5) is 10.6. The number of nitrogens with one attached hydrogen (secondary N) is 1. The predicted octanol–water partition coefficient (Wildman–Crippen LogP) is 2.08. The zero-order valence-corrected chi connectivity index (χ0v) is 7.85. The number of benzene rings is 1. The van der Waals surface area contributed by atoms with Gasteiger partial charge >= 0.3 is 12.1 Å². The number of aryl methyl sites for hydroxylation is 1. The number of amides is 1. The Morgan fingerprint density at radius 2 is 2.00 bits per heavy atom. The first kappa shape index (κ1) is 11.4. The Bertz CT molecular complexity index is 387. The van der Waals surface area contributed by atoms with Gasteiger partial charge in [0.1, 0.15) is 0 Å². The highest BCUT2D eigenvalue weighted by molar-refractivity contribution is 5.95. The topological polar surface area (TPSA) is 55.1 Å². The second-order valence-electron chi connectivity index (χ2n) is 3.03. The Morgan fingerprint density at radius 1 is 1.40 bits per heavy atom. The van der Waals surface area contributed by atoms with Crippen LogP contribution < -0.4 is 11.1 Å². The summed E-state index contributed by atoms with van der Waals surface area (Å²) >= 11 is 0. The van der Waals surface area contributed by atoms with Crippen LogP contribution in [0.4, 0.5) is 24.5 Å². The van der Waals surface area contributed by atoms with Crippen molar-refractivity contribution in [3.8, 4) is 0 Å². The third-order valence-corrected chi connectivity index (χ3v) is 1.76. The molecule has 0 aliphatic carbocycles. The van der Waals surface area contributed by atoms with Crippen LogP contribution in [0, 0.1) is 6.92 Å². The van der Waals surface area contributed by atoms with Crippen molar-refractivity contribution in [1.29, 1.82) is 0 Å². The van der Waals surface area contributed by atoms with E-state index >= 15 is 0 Å². The lowest BCUT2D eigenvalue weighted by Crippen LogP contribution is -2.30. The smallest absolute Gasteiger partial charge is 0.399 e. The summed E-state index contributed by atoms with van der Waals surface area (Å²) in [5.74, 6) is -1.99. The highest BCUT2D eigenvalue weighted by Crippen LogP contribution is 2.21. The van der Waals surface area contributed by atoms with Gasteiger partial charge in [-0.2, -0.15) is 13.2 Å². The van der Waals surface area contributed by atoms with Gasteiger partial charge in [-0.25, -0.2) is 0 Å². The Kier molecular flexibility index (Phi) is 2.88. The largest absolute Gasteiger partial charge is 0.471 e. The molecule has 1 aromatic carbocycles. The van der Waals surface area contributed by atoms with E-state index in [1.807, 2.05) is 0 Å². The van der Waals surface area contributed by atoms with E-state index in [-0.39, 0.29) is 5.69 Å². The van der Waals surface area contributed by atoms with E-state index in [0.717, 1.165) is 0 Å². The molecule has 82 valence electrons. The fraction of sp³-hybridized carbons (Fsp3) is 0.222. The van der Waals surface area contributed by atoms with E-state index in [0.29, 0.717) is 11.3 Å². The maximum atomic E-state index is 11.9. The lowest BCUT2D eigenvalue weighted by Gasteiger charge is -2.10. The fourth-order valence-corrected chi connectivity index (χ4v) is 1.02. The molecule has 1 rings (SSSR count). The van der Waals surface area contributed by atoms with Crippen LogP contribution in [0.1, 0.15) is 5.56 Å². The molecule has 0 saturated carbocycles. The number of rotatable bonds is 1.